The van der Waals surface area contributed by atoms with Gasteiger partial charge in [-0.05, 0) is 24.6 Å². The summed E-state index contributed by atoms with van der Waals surface area (Å²) < 4.78 is 5.43. The normalized spacial score (nSPS) is 26.3. The van der Waals surface area contributed by atoms with Crippen molar-refractivity contribution in [1.29, 1.82) is 0 Å². The fourth-order valence-corrected chi connectivity index (χ4v) is 3.00. The Balaban J connectivity index is 1.72. The van der Waals surface area contributed by atoms with Crippen LogP contribution in [0, 0.1) is 5.92 Å². The molecule has 1 fully saturated rings. The largest absolute Gasteiger partial charge is 0.379 e. The van der Waals surface area contributed by atoms with Gasteiger partial charge in [-0.2, -0.15) is 0 Å². The van der Waals surface area contributed by atoms with Crippen molar-refractivity contribution in [3.05, 3.63) is 35.4 Å². The molecule has 0 spiro atoms. The molecule has 2 unspecified atom stereocenters. The van der Waals surface area contributed by atoms with Crippen molar-refractivity contribution in [3.8, 4) is 0 Å². The smallest absolute Gasteiger partial charge is 0.229 e. The minimum Gasteiger partial charge on any atom is -0.379 e. The molecule has 2 atom stereocenters. The Labute approximate surface area is 113 Å². The molecule has 4 nitrogen and oxygen atoms in total. The van der Waals surface area contributed by atoms with Crippen molar-refractivity contribution in [2.45, 2.75) is 19.0 Å². The van der Waals surface area contributed by atoms with E-state index < -0.39 is 0 Å². The number of likely N-dealkylation sites (N-methyl/N-ethyl adjacent to an activating group) is 1. The van der Waals surface area contributed by atoms with Crippen molar-refractivity contribution >= 4 is 5.91 Å². The molecule has 3 rings (SSSR count). The van der Waals surface area contributed by atoms with E-state index in [1.807, 2.05) is 18.0 Å². The standard InChI is InChI=1S/C15H20N2O2/c1-16-14-10-19-9-13(14)15(18)17-7-6-11-4-2-3-5-12(11)8-17/h2-5,13-14,16H,6-10H2,1H3. The Bertz CT molecular complexity index is 475. The Kier molecular flexibility index (Phi) is 3.53. The summed E-state index contributed by atoms with van der Waals surface area (Å²) in [6.07, 6.45) is 0.958. The van der Waals surface area contributed by atoms with Crippen LogP contribution in [0.4, 0.5) is 0 Å². The topological polar surface area (TPSA) is 41.6 Å². The first-order valence-corrected chi connectivity index (χ1v) is 6.90. The SMILES string of the molecule is CNC1COCC1C(=O)N1CCc2ccccc2C1. The zero-order valence-corrected chi connectivity index (χ0v) is 11.3. The highest BCUT2D eigenvalue weighted by Crippen LogP contribution is 2.23. The predicted molar refractivity (Wildman–Crippen MR) is 72.7 cm³/mol. The van der Waals surface area contributed by atoms with Gasteiger partial charge in [0, 0.05) is 19.1 Å². The van der Waals surface area contributed by atoms with Gasteiger partial charge >= 0.3 is 0 Å². The highest BCUT2D eigenvalue weighted by Gasteiger charge is 2.36. The van der Waals surface area contributed by atoms with Crippen LogP contribution >= 0.6 is 0 Å². The van der Waals surface area contributed by atoms with Gasteiger partial charge in [0.25, 0.3) is 0 Å². The molecule has 1 N–H and O–H groups in total. The van der Waals surface area contributed by atoms with Crippen molar-refractivity contribution < 1.29 is 9.53 Å². The average Bonchev–Trinajstić information content (AvgIpc) is 2.94. The number of hydrogen-bond donors (Lipinski definition) is 1. The maximum atomic E-state index is 12.6. The van der Waals surface area contributed by atoms with E-state index in [9.17, 15) is 4.79 Å². The Morgan fingerprint density at radius 3 is 2.89 bits per heavy atom. The molecule has 102 valence electrons. The number of benzene rings is 1. The van der Waals surface area contributed by atoms with E-state index >= 15 is 0 Å². The van der Waals surface area contributed by atoms with Crippen molar-refractivity contribution in [2.24, 2.45) is 5.92 Å². The maximum Gasteiger partial charge on any atom is 0.229 e. The van der Waals surface area contributed by atoms with Gasteiger partial charge in [0.15, 0.2) is 0 Å². The van der Waals surface area contributed by atoms with Crippen LogP contribution in [0.1, 0.15) is 11.1 Å². The molecule has 2 heterocycles. The Morgan fingerprint density at radius 2 is 2.11 bits per heavy atom. The summed E-state index contributed by atoms with van der Waals surface area (Å²) in [6.45, 7) is 2.74. The number of ether oxygens (including phenoxy) is 1. The maximum absolute atomic E-state index is 12.6. The summed E-state index contributed by atoms with van der Waals surface area (Å²) in [5, 5.41) is 3.18. The minimum absolute atomic E-state index is 0.0322. The number of carbonyl (C=O) groups is 1. The molecule has 0 aliphatic carbocycles. The van der Waals surface area contributed by atoms with Crippen LogP contribution in [0.25, 0.3) is 0 Å². The number of fused-ring (bicyclic) bond motifs is 1. The van der Waals surface area contributed by atoms with E-state index in [-0.39, 0.29) is 17.9 Å². The van der Waals surface area contributed by atoms with Crippen LogP contribution in [0.5, 0.6) is 0 Å². The molecule has 2 aliphatic heterocycles. The summed E-state index contributed by atoms with van der Waals surface area (Å²) in [7, 11) is 1.89. The van der Waals surface area contributed by atoms with Crippen LogP contribution in [0.3, 0.4) is 0 Å². The van der Waals surface area contributed by atoms with Crippen molar-refractivity contribution in [3.63, 3.8) is 0 Å². The average molecular weight is 260 g/mol. The van der Waals surface area contributed by atoms with Gasteiger partial charge in [0.05, 0.1) is 19.1 Å². The lowest BCUT2D eigenvalue weighted by Gasteiger charge is -2.31. The van der Waals surface area contributed by atoms with E-state index in [2.05, 4.69) is 23.5 Å². The monoisotopic (exact) mass is 260 g/mol. The molecule has 19 heavy (non-hydrogen) atoms. The van der Waals surface area contributed by atoms with Crippen LogP contribution in [-0.2, 0) is 22.5 Å². The molecule has 1 amide bonds. The van der Waals surface area contributed by atoms with Crippen molar-refractivity contribution in [2.75, 3.05) is 26.8 Å². The number of nitrogens with zero attached hydrogens (tertiary/aromatic N) is 1. The highest BCUT2D eigenvalue weighted by molar-refractivity contribution is 5.80. The third-order valence-electron chi connectivity index (χ3n) is 4.21. The minimum atomic E-state index is -0.0322. The lowest BCUT2D eigenvalue weighted by Crippen LogP contribution is -2.46. The number of carbonyl (C=O) groups excluding carboxylic acids is 1. The zero-order valence-electron chi connectivity index (χ0n) is 11.3. The molecule has 0 saturated carbocycles. The second-order valence-corrected chi connectivity index (χ2v) is 5.32. The highest BCUT2D eigenvalue weighted by atomic mass is 16.5. The van der Waals surface area contributed by atoms with Crippen molar-refractivity contribution in [1.82, 2.24) is 10.2 Å². The van der Waals surface area contributed by atoms with Crippen LogP contribution < -0.4 is 5.32 Å². The molecular formula is C15H20N2O2. The first-order valence-electron chi connectivity index (χ1n) is 6.90. The van der Waals surface area contributed by atoms with E-state index in [4.69, 9.17) is 4.74 Å². The zero-order chi connectivity index (χ0) is 13.2. The first kappa shape index (κ1) is 12.6. The lowest BCUT2D eigenvalue weighted by molar-refractivity contribution is -0.136. The Morgan fingerprint density at radius 1 is 1.32 bits per heavy atom. The first-order chi connectivity index (χ1) is 9.29. The van der Waals surface area contributed by atoms with Crippen LogP contribution in [0.2, 0.25) is 0 Å². The fourth-order valence-electron chi connectivity index (χ4n) is 3.00. The van der Waals surface area contributed by atoms with Gasteiger partial charge < -0.3 is 15.0 Å². The molecular weight excluding hydrogens is 240 g/mol. The summed E-state index contributed by atoms with van der Waals surface area (Å²) in [4.78, 5) is 14.6. The summed E-state index contributed by atoms with van der Waals surface area (Å²) in [5.41, 5.74) is 2.65. The Hall–Kier alpha value is -1.39. The van der Waals surface area contributed by atoms with Gasteiger partial charge in [0.1, 0.15) is 0 Å². The van der Waals surface area contributed by atoms with Gasteiger partial charge in [-0.25, -0.2) is 0 Å². The third kappa shape index (κ3) is 2.38. The summed E-state index contributed by atoms with van der Waals surface area (Å²) in [6, 6.07) is 8.55. The van der Waals surface area contributed by atoms with E-state index in [1.165, 1.54) is 11.1 Å². The van der Waals surface area contributed by atoms with Gasteiger partial charge in [-0.3, -0.25) is 4.79 Å². The molecule has 1 aromatic rings. The van der Waals surface area contributed by atoms with Gasteiger partial charge in [0.2, 0.25) is 5.91 Å². The van der Waals surface area contributed by atoms with E-state index in [1.54, 1.807) is 0 Å². The second kappa shape index (κ2) is 5.31. The molecule has 2 aliphatic rings. The number of amides is 1. The van der Waals surface area contributed by atoms with Gasteiger partial charge in [-0.15, -0.1) is 0 Å². The third-order valence-corrected chi connectivity index (χ3v) is 4.21. The lowest BCUT2D eigenvalue weighted by atomic mass is 9.96. The van der Waals surface area contributed by atoms with E-state index in [0.717, 1.165) is 19.5 Å². The number of rotatable bonds is 2. The summed E-state index contributed by atoms with van der Waals surface area (Å²) in [5.74, 6) is 0.196. The molecule has 1 saturated heterocycles. The number of hydrogen-bond acceptors (Lipinski definition) is 3. The molecule has 4 heteroatoms. The summed E-state index contributed by atoms with van der Waals surface area (Å²) >= 11 is 0. The fraction of sp³-hybridized carbons (Fsp3) is 0.533. The molecule has 0 bridgehead atoms. The van der Waals surface area contributed by atoms with Gasteiger partial charge in [-0.1, -0.05) is 24.3 Å². The van der Waals surface area contributed by atoms with Crippen LogP contribution in [0.15, 0.2) is 24.3 Å². The van der Waals surface area contributed by atoms with Crippen LogP contribution in [-0.4, -0.2) is 43.7 Å². The number of nitrogens with one attached hydrogen (secondary N) is 1. The molecule has 1 aromatic carbocycles. The molecule has 0 radical (unpaired) electrons. The predicted octanol–water partition coefficient (Wildman–Crippen LogP) is 0.806. The van der Waals surface area contributed by atoms with E-state index in [0.29, 0.717) is 13.2 Å². The molecule has 0 aromatic heterocycles. The second-order valence-electron chi connectivity index (χ2n) is 5.32. The quantitative estimate of drug-likeness (QED) is 0.855.